The number of hydrogen-bond acceptors (Lipinski definition) is 6. The summed E-state index contributed by atoms with van der Waals surface area (Å²) in [6, 6.07) is 10.3. The van der Waals surface area contributed by atoms with Gasteiger partial charge in [0.25, 0.3) is 5.91 Å². The zero-order chi connectivity index (χ0) is 20.8. The first kappa shape index (κ1) is 21.2. The summed E-state index contributed by atoms with van der Waals surface area (Å²) < 4.78 is 18.5. The molecule has 1 fully saturated rings. The highest BCUT2D eigenvalue weighted by molar-refractivity contribution is 6.03. The lowest BCUT2D eigenvalue weighted by atomic mass is 9.98. The highest BCUT2D eigenvalue weighted by Gasteiger charge is 2.43. The van der Waals surface area contributed by atoms with E-state index in [4.69, 9.17) is 14.2 Å². The first-order chi connectivity index (χ1) is 14.0. The fourth-order valence-electron chi connectivity index (χ4n) is 3.50. The third-order valence-electron chi connectivity index (χ3n) is 5.08. The van der Waals surface area contributed by atoms with E-state index in [1.54, 1.807) is 43.6 Å². The van der Waals surface area contributed by atoms with Crippen LogP contribution in [-0.2, 0) is 14.2 Å². The largest absolute Gasteiger partial charge is 0.382 e. The number of rotatable bonds is 8. The molecule has 2 heterocycles. The van der Waals surface area contributed by atoms with Crippen molar-refractivity contribution >= 4 is 11.7 Å². The second-order valence-corrected chi connectivity index (χ2v) is 6.98. The highest BCUT2D eigenvalue weighted by Crippen LogP contribution is 2.36. The maximum atomic E-state index is 12.7. The molecule has 1 aliphatic rings. The molecule has 0 spiro atoms. The van der Waals surface area contributed by atoms with Gasteiger partial charge in [0.1, 0.15) is 11.9 Å². The van der Waals surface area contributed by atoms with Gasteiger partial charge in [-0.15, -0.1) is 0 Å². The summed E-state index contributed by atoms with van der Waals surface area (Å²) >= 11 is 0. The molecule has 1 aromatic heterocycles. The van der Waals surface area contributed by atoms with E-state index in [1.165, 1.54) is 4.57 Å². The van der Waals surface area contributed by atoms with E-state index >= 15 is 0 Å². The molecule has 1 aromatic carbocycles. The number of anilines is 1. The van der Waals surface area contributed by atoms with Crippen LogP contribution in [0.15, 0.2) is 47.4 Å². The van der Waals surface area contributed by atoms with Crippen molar-refractivity contribution in [2.24, 2.45) is 5.92 Å². The summed E-state index contributed by atoms with van der Waals surface area (Å²) in [6.07, 6.45) is 1.51. The van der Waals surface area contributed by atoms with Gasteiger partial charge in [-0.05, 0) is 24.6 Å². The fraction of sp³-hybridized carbons (Fsp3) is 0.476. The van der Waals surface area contributed by atoms with Crippen LogP contribution in [0.3, 0.4) is 0 Å². The van der Waals surface area contributed by atoms with Crippen molar-refractivity contribution in [2.45, 2.75) is 38.7 Å². The zero-order valence-electron chi connectivity index (χ0n) is 16.9. The van der Waals surface area contributed by atoms with Crippen LogP contribution in [0.25, 0.3) is 0 Å². The first-order valence-corrected chi connectivity index (χ1v) is 9.76. The van der Waals surface area contributed by atoms with Gasteiger partial charge in [0, 0.05) is 24.8 Å². The Balaban J connectivity index is 1.77. The quantitative estimate of drug-likeness (QED) is 0.684. The molecular formula is C21H27N3O5. The van der Waals surface area contributed by atoms with Crippen molar-refractivity contribution in [3.8, 4) is 0 Å². The molecule has 8 heteroatoms. The van der Waals surface area contributed by atoms with Gasteiger partial charge in [-0.2, -0.15) is 4.98 Å². The number of nitrogens with zero attached hydrogens (tertiary/aromatic N) is 2. The summed E-state index contributed by atoms with van der Waals surface area (Å²) in [5, 5.41) is 2.65. The zero-order valence-corrected chi connectivity index (χ0v) is 16.9. The Kier molecular flexibility index (Phi) is 7.13. The van der Waals surface area contributed by atoms with Crippen LogP contribution in [0, 0.1) is 5.92 Å². The van der Waals surface area contributed by atoms with Gasteiger partial charge in [0.05, 0.1) is 19.3 Å². The van der Waals surface area contributed by atoms with Crippen molar-refractivity contribution in [2.75, 3.05) is 25.6 Å². The third-order valence-corrected chi connectivity index (χ3v) is 5.08. The Hall–Kier alpha value is -2.55. The number of nitrogens with one attached hydrogen (secondary N) is 1. The molecule has 1 saturated heterocycles. The van der Waals surface area contributed by atoms with Gasteiger partial charge in [-0.1, -0.05) is 32.0 Å². The van der Waals surface area contributed by atoms with Gasteiger partial charge < -0.3 is 19.5 Å². The maximum absolute atomic E-state index is 12.7. The Morgan fingerprint density at radius 1 is 1.24 bits per heavy atom. The minimum Gasteiger partial charge on any atom is -0.382 e. The molecule has 1 aliphatic heterocycles. The molecule has 156 valence electrons. The molecule has 1 amide bonds. The van der Waals surface area contributed by atoms with Crippen molar-refractivity contribution in [3.63, 3.8) is 0 Å². The number of amides is 1. The van der Waals surface area contributed by atoms with Crippen molar-refractivity contribution in [1.29, 1.82) is 0 Å². The van der Waals surface area contributed by atoms with Crippen LogP contribution in [-0.4, -0.2) is 48.0 Å². The standard InChI is InChI=1S/C21H27N3O5/c1-4-16-14(2)18(28-13-12-27-3)20(29-16)24-11-10-17(23-21(24)26)22-19(25)15-8-6-5-7-9-15/h5-11,14,16,18,20H,4,12-13H2,1-3H3,(H,22,23,25,26)/t14-,16-,18-,20-/m1/s1. The van der Waals surface area contributed by atoms with Crippen molar-refractivity contribution < 1.29 is 19.0 Å². The minimum absolute atomic E-state index is 0.0168. The Morgan fingerprint density at radius 2 is 2.00 bits per heavy atom. The number of ether oxygens (including phenoxy) is 3. The van der Waals surface area contributed by atoms with E-state index in [1.807, 2.05) is 13.0 Å². The summed E-state index contributed by atoms with van der Waals surface area (Å²) in [5.41, 5.74) is -0.0195. The van der Waals surface area contributed by atoms with Gasteiger partial charge in [-0.3, -0.25) is 9.36 Å². The molecule has 0 bridgehead atoms. The lowest BCUT2D eigenvalue weighted by Gasteiger charge is -2.23. The number of benzene rings is 1. The molecule has 0 unspecified atom stereocenters. The molecule has 4 atom stereocenters. The Morgan fingerprint density at radius 3 is 2.66 bits per heavy atom. The normalized spacial score (nSPS) is 23.8. The third kappa shape index (κ3) is 4.90. The van der Waals surface area contributed by atoms with Crippen LogP contribution in [0.4, 0.5) is 5.82 Å². The van der Waals surface area contributed by atoms with Gasteiger partial charge in [0.2, 0.25) is 0 Å². The van der Waals surface area contributed by atoms with Gasteiger partial charge >= 0.3 is 5.69 Å². The Labute approximate surface area is 169 Å². The predicted octanol–water partition coefficient (Wildman–Crippen LogP) is 2.47. The van der Waals surface area contributed by atoms with E-state index in [0.29, 0.717) is 18.8 Å². The monoisotopic (exact) mass is 401 g/mol. The molecular weight excluding hydrogens is 374 g/mol. The summed E-state index contributed by atoms with van der Waals surface area (Å²) in [6.45, 7) is 4.97. The van der Waals surface area contributed by atoms with Crippen LogP contribution >= 0.6 is 0 Å². The SMILES string of the molecule is CC[C@H]1O[C@@H](n2ccc(NC(=O)c3ccccc3)nc2=O)[C@H](OCCOC)[C@@H]1C. The van der Waals surface area contributed by atoms with E-state index < -0.39 is 11.9 Å². The molecule has 2 aromatic rings. The van der Waals surface area contributed by atoms with E-state index in [-0.39, 0.29) is 29.9 Å². The predicted molar refractivity (Wildman–Crippen MR) is 108 cm³/mol. The fourth-order valence-corrected chi connectivity index (χ4v) is 3.50. The van der Waals surface area contributed by atoms with Gasteiger partial charge in [0.15, 0.2) is 6.23 Å². The lowest BCUT2D eigenvalue weighted by molar-refractivity contribution is -0.0743. The Bertz CT molecular complexity index is 870. The van der Waals surface area contributed by atoms with E-state index in [0.717, 1.165) is 6.42 Å². The van der Waals surface area contributed by atoms with Crippen molar-refractivity contribution in [3.05, 3.63) is 58.6 Å². The van der Waals surface area contributed by atoms with Crippen LogP contribution in [0.2, 0.25) is 0 Å². The summed E-state index contributed by atoms with van der Waals surface area (Å²) in [7, 11) is 1.61. The van der Waals surface area contributed by atoms with E-state index in [9.17, 15) is 9.59 Å². The number of carbonyl (C=O) groups is 1. The maximum Gasteiger partial charge on any atom is 0.351 e. The topological polar surface area (TPSA) is 91.7 Å². The molecule has 0 aliphatic carbocycles. The van der Waals surface area contributed by atoms with E-state index in [2.05, 4.69) is 17.2 Å². The van der Waals surface area contributed by atoms with Crippen molar-refractivity contribution in [1.82, 2.24) is 9.55 Å². The second-order valence-electron chi connectivity index (χ2n) is 6.98. The molecule has 1 N–H and O–H groups in total. The molecule has 0 radical (unpaired) electrons. The lowest BCUT2D eigenvalue weighted by Crippen LogP contribution is -2.35. The van der Waals surface area contributed by atoms with Gasteiger partial charge in [-0.25, -0.2) is 4.79 Å². The number of hydrogen-bond donors (Lipinski definition) is 1. The molecule has 3 rings (SSSR count). The first-order valence-electron chi connectivity index (χ1n) is 9.76. The minimum atomic E-state index is -0.578. The molecule has 0 saturated carbocycles. The average Bonchev–Trinajstić information content (AvgIpc) is 3.04. The average molecular weight is 401 g/mol. The highest BCUT2D eigenvalue weighted by atomic mass is 16.6. The molecule has 8 nitrogen and oxygen atoms in total. The molecule has 29 heavy (non-hydrogen) atoms. The van der Waals surface area contributed by atoms with Crippen LogP contribution in [0.1, 0.15) is 36.9 Å². The summed E-state index contributed by atoms with van der Waals surface area (Å²) in [5.74, 6) is -0.0194. The summed E-state index contributed by atoms with van der Waals surface area (Å²) in [4.78, 5) is 28.9. The van der Waals surface area contributed by atoms with Crippen LogP contribution < -0.4 is 11.0 Å². The second kappa shape index (κ2) is 9.78. The van der Waals surface area contributed by atoms with Crippen LogP contribution in [0.5, 0.6) is 0 Å². The number of aromatic nitrogens is 2. The number of carbonyl (C=O) groups excluding carboxylic acids is 1. The number of methoxy groups -OCH3 is 1. The smallest absolute Gasteiger partial charge is 0.351 e.